The summed E-state index contributed by atoms with van der Waals surface area (Å²) in [5.74, 6) is -0.243. The maximum atomic E-state index is 11.7. The number of hydrogen-bond donors (Lipinski definition) is 2. The molecule has 0 spiro atoms. The monoisotopic (exact) mass is 206 g/mol. The minimum absolute atomic E-state index is 0.243. The van der Waals surface area contributed by atoms with Crippen molar-refractivity contribution in [1.82, 2.24) is 0 Å². The molecule has 0 heterocycles. The van der Waals surface area contributed by atoms with Gasteiger partial charge in [0.1, 0.15) is 5.75 Å². The smallest absolute Gasteiger partial charge is 0.406 e. The minimum Gasteiger partial charge on any atom is -0.406 e. The lowest BCUT2D eigenvalue weighted by molar-refractivity contribution is -0.563. The highest BCUT2D eigenvalue weighted by molar-refractivity contribution is 5.44. The lowest BCUT2D eigenvalue weighted by atomic mass is 10.3. The second-order valence-corrected chi connectivity index (χ2v) is 2.42. The average Bonchev–Trinajstić information content (AvgIpc) is 2.06. The summed E-state index contributed by atoms with van der Waals surface area (Å²) in [6.45, 7) is 0. The molecule has 0 atom stereocenters. The van der Waals surface area contributed by atoms with Crippen molar-refractivity contribution in [2.75, 3.05) is 5.43 Å². The summed E-state index contributed by atoms with van der Waals surface area (Å²) in [5, 5.41) is 0. The van der Waals surface area contributed by atoms with Gasteiger partial charge in [0.25, 0.3) is 0 Å². The molecule has 0 unspecified atom stereocenters. The standard InChI is InChI=1S/C8H9F3N2O/c1-12-13-6-2-4-7(5-3-6)14-8(9,10)11/h2-5,13H,1,12H2. The summed E-state index contributed by atoms with van der Waals surface area (Å²) in [7, 11) is 3.42. The number of ether oxygens (including phenoxy) is 1. The van der Waals surface area contributed by atoms with Crippen molar-refractivity contribution in [3.63, 3.8) is 0 Å². The van der Waals surface area contributed by atoms with Crippen LogP contribution >= 0.6 is 0 Å². The van der Waals surface area contributed by atoms with E-state index in [9.17, 15) is 13.2 Å². The van der Waals surface area contributed by atoms with E-state index in [1.54, 1.807) is 0 Å². The molecule has 1 rings (SSSR count). The molecule has 6 heteroatoms. The van der Waals surface area contributed by atoms with Crippen LogP contribution in [-0.4, -0.2) is 6.36 Å². The predicted octanol–water partition coefficient (Wildman–Crippen LogP) is 1.27. The first-order valence-electron chi connectivity index (χ1n) is 3.74. The first-order chi connectivity index (χ1) is 6.51. The van der Waals surface area contributed by atoms with E-state index < -0.39 is 6.36 Å². The second kappa shape index (κ2) is 4.19. The summed E-state index contributed by atoms with van der Waals surface area (Å²) in [6.07, 6.45) is -4.65. The Morgan fingerprint density at radius 1 is 1.21 bits per heavy atom. The van der Waals surface area contributed by atoms with E-state index in [-0.39, 0.29) is 5.75 Å². The van der Waals surface area contributed by atoms with Gasteiger partial charge in [0, 0.05) is 0 Å². The minimum atomic E-state index is -4.65. The molecule has 3 nitrogen and oxygen atoms in total. The van der Waals surface area contributed by atoms with Crippen molar-refractivity contribution in [1.29, 1.82) is 0 Å². The van der Waals surface area contributed by atoms with Crippen LogP contribution in [-0.2, 0) is 0 Å². The van der Waals surface area contributed by atoms with Gasteiger partial charge in [-0.25, -0.2) is 0 Å². The van der Waals surface area contributed by atoms with Crippen LogP contribution < -0.4 is 15.6 Å². The number of quaternary nitrogens is 1. The molecule has 0 radical (unpaired) electrons. The van der Waals surface area contributed by atoms with Gasteiger partial charge in [-0.05, 0) is 24.3 Å². The largest absolute Gasteiger partial charge is 0.573 e. The van der Waals surface area contributed by atoms with Crippen LogP contribution in [0.3, 0.4) is 0 Å². The molecule has 3 N–H and O–H groups in total. The summed E-state index contributed by atoms with van der Waals surface area (Å²) in [6, 6.07) is 5.37. The quantitative estimate of drug-likeness (QED) is 0.444. The summed E-state index contributed by atoms with van der Waals surface area (Å²) in [5.41, 5.74) is 4.80. The average molecular weight is 206 g/mol. The first kappa shape index (κ1) is 10.6. The van der Waals surface area contributed by atoms with Gasteiger partial charge in [-0.15, -0.1) is 20.2 Å². The van der Waals surface area contributed by atoms with Crippen molar-refractivity contribution in [2.24, 2.45) is 0 Å². The molecule has 0 fully saturated rings. The second-order valence-electron chi connectivity index (χ2n) is 2.42. The Balaban J connectivity index is 2.64. The van der Waals surface area contributed by atoms with Gasteiger partial charge in [-0.2, -0.15) is 0 Å². The zero-order valence-corrected chi connectivity index (χ0v) is 7.14. The number of alkyl halides is 3. The van der Waals surface area contributed by atoms with Crippen LogP contribution in [0.1, 0.15) is 0 Å². The number of nitrogen functional groups attached to an aromatic ring is 1. The van der Waals surface area contributed by atoms with Crippen LogP contribution in [0.25, 0.3) is 0 Å². The molecule has 0 saturated heterocycles. The molecule has 0 amide bonds. The van der Waals surface area contributed by atoms with Gasteiger partial charge in [-0.3, -0.25) is 5.43 Å². The Morgan fingerprint density at radius 3 is 2.21 bits per heavy atom. The van der Waals surface area contributed by atoms with E-state index >= 15 is 0 Å². The van der Waals surface area contributed by atoms with Crippen molar-refractivity contribution in [3.05, 3.63) is 31.3 Å². The zero-order chi connectivity index (χ0) is 10.6. The zero-order valence-electron chi connectivity index (χ0n) is 7.14. The molecule has 0 saturated carbocycles. The van der Waals surface area contributed by atoms with Gasteiger partial charge in [0.15, 0.2) is 0 Å². The van der Waals surface area contributed by atoms with Crippen LogP contribution in [0.4, 0.5) is 18.9 Å². The molecular weight excluding hydrogens is 197 g/mol. The van der Waals surface area contributed by atoms with Crippen molar-refractivity contribution in [2.45, 2.75) is 6.36 Å². The summed E-state index contributed by atoms with van der Waals surface area (Å²) >= 11 is 0. The van der Waals surface area contributed by atoms with Gasteiger partial charge in [-0.1, -0.05) is 0 Å². The summed E-state index contributed by atoms with van der Waals surface area (Å²) < 4.78 is 38.9. The number of halogens is 3. The maximum Gasteiger partial charge on any atom is 0.573 e. The number of anilines is 1. The Hall–Kier alpha value is -1.43. The lowest BCUT2D eigenvalue weighted by Gasteiger charge is -2.09. The normalized spacial score (nSPS) is 11.1. The molecule has 78 valence electrons. The fraction of sp³-hybridized carbons (Fsp3) is 0.125. The number of rotatable bonds is 3. The fourth-order valence-corrected chi connectivity index (χ4v) is 0.871. The maximum absolute atomic E-state index is 11.7. The Labute approximate surface area is 78.8 Å². The predicted molar refractivity (Wildman–Crippen MR) is 44.0 cm³/mol. The Morgan fingerprint density at radius 2 is 1.79 bits per heavy atom. The van der Waals surface area contributed by atoms with Crippen molar-refractivity contribution >= 4 is 5.69 Å². The highest BCUT2D eigenvalue weighted by atomic mass is 19.4. The van der Waals surface area contributed by atoms with E-state index in [2.05, 4.69) is 17.2 Å². The van der Waals surface area contributed by atoms with Crippen LogP contribution in [0.15, 0.2) is 24.3 Å². The van der Waals surface area contributed by atoms with Crippen molar-refractivity contribution < 1.29 is 23.3 Å². The Bertz CT molecular complexity index is 284. The molecule has 0 aromatic heterocycles. The number of nitrogens with two attached hydrogens (primary N) is 1. The van der Waals surface area contributed by atoms with Crippen molar-refractivity contribution in [3.8, 4) is 5.75 Å². The summed E-state index contributed by atoms with van der Waals surface area (Å²) in [4.78, 5) is 0. The third-order valence-electron chi connectivity index (χ3n) is 1.36. The highest BCUT2D eigenvalue weighted by Crippen LogP contribution is 2.23. The highest BCUT2D eigenvalue weighted by Gasteiger charge is 2.30. The molecule has 0 bridgehead atoms. The van der Waals surface area contributed by atoms with E-state index in [4.69, 9.17) is 0 Å². The number of benzene rings is 1. The molecule has 0 aliphatic rings. The molecule has 1 aromatic carbocycles. The van der Waals surface area contributed by atoms with E-state index in [0.29, 0.717) is 5.69 Å². The van der Waals surface area contributed by atoms with Gasteiger partial charge < -0.3 is 10.2 Å². The third-order valence-corrected chi connectivity index (χ3v) is 1.36. The van der Waals surface area contributed by atoms with E-state index in [0.717, 1.165) is 0 Å². The van der Waals surface area contributed by atoms with E-state index in [1.807, 2.05) is 0 Å². The molecule has 0 aliphatic carbocycles. The topological polar surface area (TPSA) is 37.9 Å². The fourth-order valence-electron chi connectivity index (χ4n) is 0.871. The molecular formula is C8H9F3N2O. The van der Waals surface area contributed by atoms with E-state index in [1.165, 1.54) is 29.7 Å². The Kier molecular flexibility index (Phi) is 3.19. The third kappa shape index (κ3) is 3.53. The SMILES string of the molecule is [CH2-][NH2+]Nc1ccc(OC(F)(F)F)cc1. The van der Waals surface area contributed by atoms with Crippen LogP contribution in [0.2, 0.25) is 0 Å². The van der Waals surface area contributed by atoms with Gasteiger partial charge in [0.2, 0.25) is 0 Å². The van der Waals surface area contributed by atoms with Crippen LogP contribution in [0.5, 0.6) is 5.75 Å². The van der Waals surface area contributed by atoms with Gasteiger partial charge in [0.05, 0.1) is 5.69 Å². The van der Waals surface area contributed by atoms with Gasteiger partial charge >= 0.3 is 6.36 Å². The number of hydrogen-bond acceptors (Lipinski definition) is 2. The van der Waals surface area contributed by atoms with Crippen LogP contribution in [0, 0.1) is 7.05 Å². The lowest BCUT2D eigenvalue weighted by Crippen LogP contribution is -2.81. The molecule has 1 aromatic rings. The number of nitrogens with one attached hydrogen (secondary N) is 1. The molecule has 14 heavy (non-hydrogen) atoms. The molecule has 0 aliphatic heterocycles. The first-order valence-corrected chi connectivity index (χ1v) is 3.74.